The van der Waals surface area contributed by atoms with Crippen molar-refractivity contribution in [1.29, 1.82) is 0 Å². The number of nitrogens with zero attached hydrogens (tertiary/aromatic N) is 1. The van der Waals surface area contributed by atoms with E-state index in [4.69, 9.17) is 17.3 Å². The number of alkyl halides is 4. The normalized spacial score (nSPS) is 27.9. The molecule has 0 spiro atoms. The Kier molecular flexibility index (Phi) is 3.83. The van der Waals surface area contributed by atoms with Crippen molar-refractivity contribution in [1.82, 2.24) is 4.90 Å². The van der Waals surface area contributed by atoms with E-state index in [1.165, 1.54) is 4.90 Å². The van der Waals surface area contributed by atoms with Crippen LogP contribution in [-0.4, -0.2) is 42.0 Å². The second kappa shape index (κ2) is 4.57. The molecule has 1 saturated heterocycles. The molecule has 88 valence electrons. The van der Waals surface area contributed by atoms with Gasteiger partial charge in [-0.1, -0.05) is 0 Å². The van der Waals surface area contributed by atoms with Gasteiger partial charge in [0.1, 0.15) is 5.88 Å². The molecule has 0 saturated carbocycles. The summed E-state index contributed by atoms with van der Waals surface area (Å²) in [6.07, 6.45) is -4.43. The van der Waals surface area contributed by atoms with Crippen LogP contribution in [0.5, 0.6) is 0 Å². The fraction of sp³-hybridized carbons (Fsp3) is 0.875. The molecule has 0 aromatic rings. The van der Waals surface area contributed by atoms with Crippen LogP contribution in [0.1, 0.15) is 6.42 Å². The van der Waals surface area contributed by atoms with Crippen molar-refractivity contribution < 1.29 is 18.0 Å². The molecule has 0 radical (unpaired) electrons. The van der Waals surface area contributed by atoms with Crippen molar-refractivity contribution in [2.45, 2.75) is 18.6 Å². The van der Waals surface area contributed by atoms with Crippen molar-refractivity contribution in [3.05, 3.63) is 0 Å². The van der Waals surface area contributed by atoms with Crippen molar-refractivity contribution in [3.8, 4) is 0 Å². The first-order valence-corrected chi connectivity index (χ1v) is 5.05. The summed E-state index contributed by atoms with van der Waals surface area (Å²) in [6.45, 7) is -0.000833. The van der Waals surface area contributed by atoms with E-state index >= 15 is 0 Å². The molecule has 3 nitrogen and oxygen atoms in total. The zero-order chi connectivity index (χ0) is 11.6. The molecular weight excluding hydrogens is 233 g/mol. The fourth-order valence-corrected chi connectivity index (χ4v) is 1.87. The summed E-state index contributed by atoms with van der Waals surface area (Å²) in [7, 11) is 0. The highest BCUT2D eigenvalue weighted by atomic mass is 35.5. The second-order valence-electron chi connectivity index (χ2n) is 3.57. The summed E-state index contributed by atoms with van der Waals surface area (Å²) < 4.78 is 37.2. The average molecular weight is 245 g/mol. The van der Waals surface area contributed by atoms with Gasteiger partial charge >= 0.3 is 6.18 Å². The number of piperidine rings is 1. The van der Waals surface area contributed by atoms with Crippen LogP contribution in [0.15, 0.2) is 0 Å². The lowest BCUT2D eigenvalue weighted by Crippen LogP contribution is -2.54. The molecule has 2 N–H and O–H groups in total. The minimum Gasteiger partial charge on any atom is -0.340 e. The van der Waals surface area contributed by atoms with Gasteiger partial charge < -0.3 is 10.6 Å². The van der Waals surface area contributed by atoms with E-state index in [1.54, 1.807) is 0 Å². The highest BCUT2D eigenvalue weighted by Gasteiger charge is 2.46. The van der Waals surface area contributed by atoms with Gasteiger partial charge in [-0.3, -0.25) is 4.79 Å². The van der Waals surface area contributed by atoms with Crippen molar-refractivity contribution in [3.63, 3.8) is 0 Å². The number of nitrogens with two attached hydrogens (primary N) is 1. The quantitative estimate of drug-likeness (QED) is 0.699. The maximum absolute atomic E-state index is 12.4. The standard InChI is InChI=1S/C8H12ClF3N2O/c9-3-7(15)14-2-1-5(6(13)4-14)8(10,11)12/h5-6H,1-4,13H2. The Morgan fingerprint density at radius 3 is 2.53 bits per heavy atom. The monoisotopic (exact) mass is 244 g/mol. The van der Waals surface area contributed by atoms with Gasteiger partial charge in [0.15, 0.2) is 0 Å². The smallest absolute Gasteiger partial charge is 0.340 e. The first-order chi connectivity index (χ1) is 6.86. The third kappa shape index (κ3) is 2.98. The van der Waals surface area contributed by atoms with Gasteiger partial charge in [-0.15, -0.1) is 11.6 Å². The van der Waals surface area contributed by atoms with Crippen LogP contribution in [0.25, 0.3) is 0 Å². The number of amides is 1. The third-order valence-corrected chi connectivity index (χ3v) is 2.77. The Morgan fingerprint density at radius 1 is 1.53 bits per heavy atom. The zero-order valence-electron chi connectivity index (χ0n) is 7.93. The number of rotatable bonds is 1. The predicted octanol–water partition coefficient (Wildman–Crippen LogP) is 0.963. The maximum Gasteiger partial charge on any atom is 0.393 e. The van der Waals surface area contributed by atoms with Gasteiger partial charge in [0.25, 0.3) is 0 Å². The van der Waals surface area contributed by atoms with Crippen LogP contribution < -0.4 is 5.73 Å². The maximum atomic E-state index is 12.4. The molecule has 1 aliphatic rings. The SMILES string of the molecule is NC1CN(C(=O)CCl)CCC1C(F)(F)F. The van der Waals surface area contributed by atoms with Gasteiger partial charge in [-0.2, -0.15) is 13.2 Å². The fourth-order valence-electron chi connectivity index (χ4n) is 1.70. The summed E-state index contributed by atoms with van der Waals surface area (Å²) in [4.78, 5) is 12.4. The Bertz CT molecular complexity index is 247. The van der Waals surface area contributed by atoms with Crippen LogP contribution in [0, 0.1) is 5.92 Å². The predicted molar refractivity (Wildman–Crippen MR) is 49.4 cm³/mol. The Balaban J connectivity index is 2.59. The average Bonchev–Trinajstić information content (AvgIpc) is 2.14. The van der Waals surface area contributed by atoms with Crippen LogP contribution in [-0.2, 0) is 4.79 Å². The lowest BCUT2D eigenvalue weighted by Gasteiger charge is -2.37. The van der Waals surface area contributed by atoms with Gasteiger partial charge in [0.05, 0.1) is 5.92 Å². The molecule has 0 aromatic heterocycles. The number of hydrogen-bond donors (Lipinski definition) is 1. The molecule has 0 aliphatic carbocycles. The van der Waals surface area contributed by atoms with Crippen LogP contribution >= 0.6 is 11.6 Å². The Hall–Kier alpha value is -0.490. The zero-order valence-corrected chi connectivity index (χ0v) is 8.68. The minimum atomic E-state index is -4.28. The van der Waals surface area contributed by atoms with Crippen molar-refractivity contribution in [2.24, 2.45) is 11.7 Å². The molecule has 2 atom stereocenters. The first kappa shape index (κ1) is 12.6. The number of carbonyl (C=O) groups excluding carboxylic acids is 1. The number of halogens is 4. The molecule has 0 bridgehead atoms. The summed E-state index contributed by atoms with van der Waals surface area (Å²) in [5, 5.41) is 0. The Morgan fingerprint density at radius 2 is 2.13 bits per heavy atom. The van der Waals surface area contributed by atoms with Crippen molar-refractivity contribution >= 4 is 17.5 Å². The van der Waals surface area contributed by atoms with Crippen LogP contribution in [0.4, 0.5) is 13.2 Å². The molecule has 1 aliphatic heterocycles. The minimum absolute atomic E-state index is 0.0728. The van der Waals surface area contributed by atoms with E-state index in [0.29, 0.717) is 0 Å². The summed E-state index contributed by atoms with van der Waals surface area (Å²) in [5.74, 6) is -2.10. The molecule has 1 rings (SSSR count). The van der Waals surface area contributed by atoms with Crippen LogP contribution in [0.2, 0.25) is 0 Å². The molecule has 2 unspecified atom stereocenters. The van der Waals surface area contributed by atoms with Gasteiger partial charge in [0, 0.05) is 19.1 Å². The lowest BCUT2D eigenvalue weighted by molar-refractivity contribution is -0.190. The number of carbonyl (C=O) groups is 1. The van der Waals surface area contributed by atoms with E-state index in [2.05, 4.69) is 0 Å². The topological polar surface area (TPSA) is 46.3 Å². The van der Waals surface area contributed by atoms with E-state index in [1.807, 2.05) is 0 Å². The molecule has 7 heteroatoms. The van der Waals surface area contributed by atoms with E-state index < -0.39 is 18.1 Å². The highest BCUT2D eigenvalue weighted by molar-refractivity contribution is 6.27. The molecule has 1 amide bonds. The number of hydrogen-bond acceptors (Lipinski definition) is 2. The molecule has 1 heterocycles. The van der Waals surface area contributed by atoms with Gasteiger partial charge in [-0.25, -0.2) is 0 Å². The second-order valence-corrected chi connectivity index (χ2v) is 3.84. The van der Waals surface area contributed by atoms with E-state index in [-0.39, 0.29) is 31.3 Å². The number of likely N-dealkylation sites (tertiary alicyclic amines) is 1. The largest absolute Gasteiger partial charge is 0.393 e. The summed E-state index contributed by atoms with van der Waals surface area (Å²) in [6, 6.07) is -1.05. The van der Waals surface area contributed by atoms with Gasteiger partial charge in [0.2, 0.25) is 5.91 Å². The third-order valence-electron chi connectivity index (χ3n) is 2.55. The Labute approximate surface area is 90.3 Å². The molecule has 0 aromatic carbocycles. The van der Waals surface area contributed by atoms with Gasteiger partial charge in [-0.05, 0) is 6.42 Å². The first-order valence-electron chi connectivity index (χ1n) is 4.52. The van der Waals surface area contributed by atoms with Crippen LogP contribution in [0.3, 0.4) is 0 Å². The summed E-state index contributed by atoms with van der Waals surface area (Å²) in [5.41, 5.74) is 5.39. The van der Waals surface area contributed by atoms with E-state index in [0.717, 1.165) is 0 Å². The van der Waals surface area contributed by atoms with Crippen molar-refractivity contribution in [2.75, 3.05) is 19.0 Å². The molecule has 1 fully saturated rings. The lowest BCUT2D eigenvalue weighted by atomic mass is 9.91. The highest BCUT2D eigenvalue weighted by Crippen LogP contribution is 2.33. The molecular formula is C8H12ClF3N2O. The summed E-state index contributed by atoms with van der Waals surface area (Å²) >= 11 is 5.31. The molecule has 15 heavy (non-hydrogen) atoms. The van der Waals surface area contributed by atoms with E-state index in [9.17, 15) is 18.0 Å².